The van der Waals surface area contributed by atoms with Crippen LogP contribution in [0.15, 0.2) is 42.5 Å². The van der Waals surface area contributed by atoms with Crippen LogP contribution in [0.5, 0.6) is 5.75 Å². The van der Waals surface area contributed by atoms with Gasteiger partial charge in [-0.1, -0.05) is 41.4 Å². The monoisotopic (exact) mass is 484 g/mol. The fourth-order valence-electron chi connectivity index (χ4n) is 3.72. The zero-order valence-corrected chi connectivity index (χ0v) is 19.9. The molecule has 1 fully saturated rings. The second-order valence-corrected chi connectivity index (χ2v) is 10.5. The number of nitrogens with zero attached hydrogens (tertiary/aromatic N) is 2. The van der Waals surface area contributed by atoms with Crippen LogP contribution in [0.4, 0.5) is 0 Å². The number of sulfonamides is 1. The molecule has 0 aromatic heterocycles. The summed E-state index contributed by atoms with van der Waals surface area (Å²) in [4.78, 5) is 14.6. The Kier molecular flexibility index (Phi) is 7.86. The predicted molar refractivity (Wildman–Crippen MR) is 123 cm³/mol. The maximum atomic E-state index is 12.9. The van der Waals surface area contributed by atoms with E-state index in [-0.39, 0.29) is 17.6 Å². The highest BCUT2D eigenvalue weighted by molar-refractivity contribution is 7.88. The molecule has 0 bridgehead atoms. The van der Waals surface area contributed by atoms with Gasteiger partial charge in [-0.05, 0) is 42.7 Å². The van der Waals surface area contributed by atoms with Crippen LogP contribution in [-0.2, 0) is 27.1 Å². The summed E-state index contributed by atoms with van der Waals surface area (Å²) in [6.07, 6.45) is 0.975. The van der Waals surface area contributed by atoms with Crippen molar-refractivity contribution in [2.45, 2.75) is 25.1 Å². The Bertz CT molecular complexity index is 1000. The van der Waals surface area contributed by atoms with Crippen LogP contribution in [0.25, 0.3) is 0 Å². The molecule has 1 aliphatic heterocycles. The molecular formula is C22H26Cl2N2O4S. The molecule has 2 aromatic carbocycles. The van der Waals surface area contributed by atoms with Crippen molar-refractivity contribution in [3.05, 3.63) is 63.6 Å². The molecule has 168 valence electrons. The molecule has 2 aromatic rings. The summed E-state index contributed by atoms with van der Waals surface area (Å²) in [5.74, 6) is 0.353. The quantitative estimate of drug-likeness (QED) is 0.590. The van der Waals surface area contributed by atoms with E-state index in [2.05, 4.69) is 0 Å². The molecule has 9 heteroatoms. The zero-order valence-electron chi connectivity index (χ0n) is 17.6. The molecule has 0 saturated carbocycles. The van der Waals surface area contributed by atoms with Gasteiger partial charge >= 0.3 is 0 Å². The summed E-state index contributed by atoms with van der Waals surface area (Å²) in [6, 6.07) is 12.5. The first kappa shape index (κ1) is 23.9. The van der Waals surface area contributed by atoms with Gasteiger partial charge < -0.3 is 9.64 Å². The number of ether oxygens (including phenoxy) is 1. The molecule has 0 unspecified atom stereocenters. The van der Waals surface area contributed by atoms with E-state index in [1.54, 1.807) is 37.3 Å². The summed E-state index contributed by atoms with van der Waals surface area (Å²) in [5.41, 5.74) is 1.41. The van der Waals surface area contributed by atoms with E-state index in [9.17, 15) is 13.2 Å². The van der Waals surface area contributed by atoms with Crippen LogP contribution < -0.4 is 4.74 Å². The van der Waals surface area contributed by atoms with Crippen LogP contribution in [0.3, 0.4) is 0 Å². The lowest BCUT2D eigenvalue weighted by Crippen LogP contribution is -2.43. The highest BCUT2D eigenvalue weighted by atomic mass is 35.5. The fraction of sp³-hybridized carbons (Fsp3) is 0.409. The van der Waals surface area contributed by atoms with Crippen molar-refractivity contribution >= 4 is 39.1 Å². The number of methoxy groups -OCH3 is 1. The van der Waals surface area contributed by atoms with Crippen molar-refractivity contribution < 1.29 is 17.9 Å². The highest BCUT2D eigenvalue weighted by Gasteiger charge is 2.33. The number of piperidine rings is 1. The number of amides is 1. The molecule has 31 heavy (non-hydrogen) atoms. The molecule has 1 aliphatic rings. The predicted octanol–water partition coefficient (Wildman–Crippen LogP) is 4.20. The standard InChI is InChI=1S/C22H26Cl2N2O4S/c1-25(14-16-6-8-18(30-2)9-7-16)22(27)17-10-12-26(13-11-17)31(28,29)15-19-20(23)4-3-5-21(19)24/h3-9,17H,10-15H2,1-2H3. The third-order valence-corrected chi connectivity index (χ3v) is 8.05. The zero-order chi connectivity index (χ0) is 22.6. The van der Waals surface area contributed by atoms with E-state index < -0.39 is 10.0 Å². The van der Waals surface area contributed by atoms with E-state index in [1.165, 1.54) is 4.31 Å². The van der Waals surface area contributed by atoms with Crippen molar-refractivity contribution in [2.24, 2.45) is 5.92 Å². The van der Waals surface area contributed by atoms with Gasteiger partial charge in [0.1, 0.15) is 5.75 Å². The molecule has 0 N–H and O–H groups in total. The Morgan fingerprint density at radius 2 is 1.68 bits per heavy atom. The smallest absolute Gasteiger partial charge is 0.225 e. The Labute approximate surface area is 193 Å². The van der Waals surface area contributed by atoms with E-state index in [0.717, 1.165) is 11.3 Å². The number of carbonyl (C=O) groups is 1. The molecule has 0 aliphatic carbocycles. The van der Waals surface area contributed by atoms with Gasteiger partial charge in [0.25, 0.3) is 0 Å². The van der Waals surface area contributed by atoms with Crippen molar-refractivity contribution in [1.82, 2.24) is 9.21 Å². The van der Waals surface area contributed by atoms with Crippen LogP contribution >= 0.6 is 23.2 Å². The Hall–Kier alpha value is -1.80. The molecule has 0 radical (unpaired) electrons. The van der Waals surface area contributed by atoms with Gasteiger partial charge in [-0.15, -0.1) is 0 Å². The van der Waals surface area contributed by atoms with Gasteiger partial charge in [-0.3, -0.25) is 4.79 Å². The Balaban J connectivity index is 1.57. The summed E-state index contributed by atoms with van der Waals surface area (Å²) in [5, 5.41) is 0.669. The number of hydrogen-bond donors (Lipinski definition) is 0. The van der Waals surface area contributed by atoms with Crippen molar-refractivity contribution in [3.8, 4) is 5.75 Å². The van der Waals surface area contributed by atoms with Crippen molar-refractivity contribution in [1.29, 1.82) is 0 Å². The maximum Gasteiger partial charge on any atom is 0.225 e. The van der Waals surface area contributed by atoms with E-state index in [4.69, 9.17) is 27.9 Å². The summed E-state index contributed by atoms with van der Waals surface area (Å²) >= 11 is 12.3. The third kappa shape index (κ3) is 5.92. The van der Waals surface area contributed by atoms with Gasteiger partial charge in [-0.2, -0.15) is 0 Å². The maximum absolute atomic E-state index is 12.9. The van der Waals surface area contributed by atoms with E-state index in [0.29, 0.717) is 48.1 Å². The van der Waals surface area contributed by atoms with E-state index in [1.807, 2.05) is 24.3 Å². The largest absolute Gasteiger partial charge is 0.497 e. The Morgan fingerprint density at radius 3 is 2.23 bits per heavy atom. The molecule has 0 spiro atoms. The minimum absolute atomic E-state index is 0.0296. The lowest BCUT2D eigenvalue weighted by Gasteiger charge is -2.32. The number of hydrogen-bond acceptors (Lipinski definition) is 4. The summed E-state index contributed by atoms with van der Waals surface area (Å²) in [7, 11) is -0.194. The van der Waals surface area contributed by atoms with Gasteiger partial charge in [0.05, 0.1) is 12.9 Å². The van der Waals surface area contributed by atoms with Gasteiger partial charge in [0, 0.05) is 48.2 Å². The number of benzene rings is 2. The normalized spacial score (nSPS) is 15.6. The lowest BCUT2D eigenvalue weighted by atomic mass is 9.96. The van der Waals surface area contributed by atoms with E-state index >= 15 is 0 Å². The highest BCUT2D eigenvalue weighted by Crippen LogP contribution is 2.29. The molecule has 1 amide bonds. The second kappa shape index (κ2) is 10.2. The van der Waals surface area contributed by atoms with Gasteiger partial charge in [0.2, 0.25) is 15.9 Å². The lowest BCUT2D eigenvalue weighted by molar-refractivity contribution is -0.135. The van der Waals surface area contributed by atoms with Crippen LogP contribution in [0.2, 0.25) is 10.0 Å². The van der Waals surface area contributed by atoms with Gasteiger partial charge in [-0.25, -0.2) is 12.7 Å². The first-order valence-corrected chi connectivity index (χ1v) is 12.4. The summed E-state index contributed by atoms with van der Waals surface area (Å²) < 4.78 is 32.3. The number of rotatable bonds is 7. The minimum atomic E-state index is -3.58. The minimum Gasteiger partial charge on any atom is -0.497 e. The van der Waals surface area contributed by atoms with Crippen LogP contribution in [0.1, 0.15) is 24.0 Å². The fourth-order valence-corrected chi connectivity index (χ4v) is 6.03. The SMILES string of the molecule is COc1ccc(CN(C)C(=O)C2CCN(S(=O)(=O)Cc3c(Cl)cccc3Cl)CC2)cc1. The van der Waals surface area contributed by atoms with Crippen molar-refractivity contribution in [2.75, 3.05) is 27.2 Å². The topological polar surface area (TPSA) is 66.9 Å². The average molecular weight is 485 g/mol. The van der Waals surface area contributed by atoms with Crippen LogP contribution in [-0.4, -0.2) is 50.8 Å². The second-order valence-electron chi connectivity index (χ2n) is 7.67. The first-order chi connectivity index (χ1) is 14.7. The first-order valence-electron chi connectivity index (χ1n) is 10.00. The summed E-state index contributed by atoms with van der Waals surface area (Å²) in [6.45, 7) is 1.10. The molecule has 0 atom stereocenters. The molecule has 1 saturated heterocycles. The Morgan fingerprint density at radius 1 is 1.10 bits per heavy atom. The van der Waals surface area contributed by atoms with Gasteiger partial charge in [0.15, 0.2) is 0 Å². The third-order valence-electron chi connectivity index (χ3n) is 5.54. The number of halogens is 2. The number of carbonyl (C=O) groups excluding carboxylic acids is 1. The van der Waals surface area contributed by atoms with Crippen LogP contribution in [0, 0.1) is 5.92 Å². The molecule has 6 nitrogen and oxygen atoms in total. The molecule has 3 rings (SSSR count). The average Bonchev–Trinajstić information content (AvgIpc) is 2.76. The molecular weight excluding hydrogens is 459 g/mol. The molecule has 1 heterocycles. The van der Waals surface area contributed by atoms with Crippen molar-refractivity contribution in [3.63, 3.8) is 0 Å².